The van der Waals surface area contributed by atoms with Crippen molar-refractivity contribution in [3.8, 4) is 0 Å². The number of pyridine rings is 1. The summed E-state index contributed by atoms with van der Waals surface area (Å²) in [5.74, 6) is -0.627. The molecule has 2 aromatic heterocycles. The summed E-state index contributed by atoms with van der Waals surface area (Å²) in [7, 11) is 0. The first kappa shape index (κ1) is 19.2. The second kappa shape index (κ2) is 7.50. The molecule has 0 bridgehead atoms. The maximum absolute atomic E-state index is 12.9. The fourth-order valence-electron chi connectivity index (χ4n) is 4.19. The quantitative estimate of drug-likeness (QED) is 0.545. The van der Waals surface area contributed by atoms with Crippen molar-refractivity contribution in [3.63, 3.8) is 0 Å². The van der Waals surface area contributed by atoms with E-state index >= 15 is 0 Å². The van der Waals surface area contributed by atoms with Crippen LogP contribution in [0.5, 0.6) is 0 Å². The molecule has 31 heavy (non-hydrogen) atoms. The Morgan fingerprint density at radius 2 is 1.90 bits per heavy atom. The standard InChI is InChI=1S/C24H23N5O2/c1-15(2)29-23-17(12-26-29)10-19(13-25-23)27-24(31)18-11-22(30)28(14-18)21-9-5-7-16-6-3-4-8-20(16)21/h3-10,12-13,15,18H,11,14H2,1-2H3,(H,27,31). The van der Waals surface area contributed by atoms with Crippen LogP contribution in [-0.2, 0) is 9.59 Å². The van der Waals surface area contributed by atoms with Crippen LogP contribution >= 0.6 is 0 Å². The highest BCUT2D eigenvalue weighted by Gasteiger charge is 2.35. The highest BCUT2D eigenvalue weighted by Crippen LogP contribution is 2.32. The second-order valence-corrected chi connectivity index (χ2v) is 8.21. The van der Waals surface area contributed by atoms with Crippen molar-refractivity contribution in [2.45, 2.75) is 26.3 Å². The Morgan fingerprint density at radius 3 is 2.74 bits per heavy atom. The summed E-state index contributed by atoms with van der Waals surface area (Å²) < 4.78 is 1.85. The third kappa shape index (κ3) is 3.42. The molecule has 4 aromatic rings. The molecule has 2 aromatic carbocycles. The molecule has 7 heteroatoms. The molecule has 7 nitrogen and oxygen atoms in total. The van der Waals surface area contributed by atoms with Crippen molar-refractivity contribution in [1.29, 1.82) is 0 Å². The highest BCUT2D eigenvalue weighted by molar-refractivity contribution is 6.08. The van der Waals surface area contributed by atoms with Gasteiger partial charge in [-0.1, -0.05) is 36.4 Å². The topological polar surface area (TPSA) is 80.1 Å². The number of nitrogens with zero attached hydrogens (tertiary/aromatic N) is 4. The van der Waals surface area contributed by atoms with Gasteiger partial charge < -0.3 is 10.2 Å². The summed E-state index contributed by atoms with van der Waals surface area (Å²) in [6.45, 7) is 4.45. The molecule has 3 heterocycles. The summed E-state index contributed by atoms with van der Waals surface area (Å²) >= 11 is 0. The van der Waals surface area contributed by atoms with Gasteiger partial charge in [0.15, 0.2) is 5.65 Å². The van der Waals surface area contributed by atoms with Gasteiger partial charge in [-0.3, -0.25) is 9.59 Å². The molecule has 0 spiro atoms. The molecule has 1 N–H and O–H groups in total. The molecular weight excluding hydrogens is 390 g/mol. The predicted octanol–water partition coefficient (Wildman–Crippen LogP) is 4.16. The van der Waals surface area contributed by atoms with Crippen LogP contribution in [-0.4, -0.2) is 33.1 Å². The van der Waals surface area contributed by atoms with Crippen molar-refractivity contribution in [3.05, 3.63) is 60.9 Å². The zero-order valence-corrected chi connectivity index (χ0v) is 17.4. The Bertz CT molecular complexity index is 1300. The van der Waals surface area contributed by atoms with Gasteiger partial charge in [0, 0.05) is 29.8 Å². The van der Waals surface area contributed by atoms with E-state index in [9.17, 15) is 9.59 Å². The number of nitrogens with one attached hydrogen (secondary N) is 1. The summed E-state index contributed by atoms with van der Waals surface area (Å²) in [6, 6.07) is 15.9. The zero-order chi connectivity index (χ0) is 21.5. The van der Waals surface area contributed by atoms with E-state index in [0.717, 1.165) is 27.5 Å². The lowest BCUT2D eigenvalue weighted by atomic mass is 10.1. The summed E-state index contributed by atoms with van der Waals surface area (Å²) in [4.78, 5) is 31.8. The molecule has 0 aliphatic carbocycles. The minimum Gasteiger partial charge on any atom is -0.324 e. The first-order chi connectivity index (χ1) is 15.0. The molecule has 0 radical (unpaired) electrons. The summed E-state index contributed by atoms with van der Waals surface area (Å²) in [5, 5.41) is 10.2. The second-order valence-electron chi connectivity index (χ2n) is 8.21. The monoisotopic (exact) mass is 413 g/mol. The van der Waals surface area contributed by atoms with Gasteiger partial charge in [-0.15, -0.1) is 0 Å². The Labute approximate surface area is 179 Å². The molecule has 2 amide bonds. The smallest absolute Gasteiger partial charge is 0.229 e. The lowest BCUT2D eigenvalue weighted by Gasteiger charge is -2.19. The van der Waals surface area contributed by atoms with Gasteiger partial charge in [0.25, 0.3) is 0 Å². The number of aromatic nitrogens is 3. The molecule has 1 saturated heterocycles. The molecule has 1 atom stereocenters. The number of anilines is 2. The number of amides is 2. The van der Waals surface area contributed by atoms with E-state index in [-0.39, 0.29) is 24.3 Å². The number of carbonyl (C=O) groups excluding carboxylic acids is 2. The van der Waals surface area contributed by atoms with Crippen molar-refractivity contribution >= 4 is 45.0 Å². The first-order valence-corrected chi connectivity index (χ1v) is 10.4. The van der Waals surface area contributed by atoms with Crippen LogP contribution in [0.4, 0.5) is 11.4 Å². The van der Waals surface area contributed by atoms with Gasteiger partial charge in [-0.25, -0.2) is 9.67 Å². The molecule has 1 aliphatic heterocycles. The third-order valence-electron chi connectivity index (χ3n) is 5.74. The van der Waals surface area contributed by atoms with Crippen molar-refractivity contribution in [2.24, 2.45) is 5.92 Å². The minimum absolute atomic E-state index is 0.0386. The Hall–Kier alpha value is -3.74. The maximum Gasteiger partial charge on any atom is 0.229 e. The van der Waals surface area contributed by atoms with Gasteiger partial charge >= 0.3 is 0 Å². The van der Waals surface area contributed by atoms with E-state index in [1.807, 2.05) is 67.1 Å². The first-order valence-electron chi connectivity index (χ1n) is 10.4. The molecule has 156 valence electrons. The van der Waals surface area contributed by atoms with Crippen LogP contribution in [0.2, 0.25) is 0 Å². The van der Waals surface area contributed by atoms with E-state index in [4.69, 9.17) is 0 Å². The summed E-state index contributed by atoms with van der Waals surface area (Å²) in [5.41, 5.74) is 2.24. The number of carbonyl (C=O) groups is 2. The highest BCUT2D eigenvalue weighted by atomic mass is 16.2. The zero-order valence-electron chi connectivity index (χ0n) is 17.4. The lowest BCUT2D eigenvalue weighted by Crippen LogP contribution is -2.28. The number of rotatable bonds is 4. The van der Waals surface area contributed by atoms with Crippen LogP contribution in [0.1, 0.15) is 26.3 Å². The Balaban J connectivity index is 1.35. The van der Waals surface area contributed by atoms with E-state index in [0.29, 0.717) is 12.2 Å². The summed E-state index contributed by atoms with van der Waals surface area (Å²) in [6.07, 6.45) is 3.58. The molecule has 1 fully saturated rings. The van der Waals surface area contributed by atoms with Gasteiger partial charge in [-0.05, 0) is 31.4 Å². The molecule has 1 unspecified atom stereocenters. The van der Waals surface area contributed by atoms with E-state index < -0.39 is 5.92 Å². The maximum atomic E-state index is 12.9. The van der Waals surface area contributed by atoms with E-state index in [1.165, 1.54) is 0 Å². The van der Waals surface area contributed by atoms with Crippen LogP contribution in [0.3, 0.4) is 0 Å². The Morgan fingerprint density at radius 1 is 1.10 bits per heavy atom. The van der Waals surface area contributed by atoms with Gasteiger partial charge in [0.05, 0.1) is 29.7 Å². The van der Waals surface area contributed by atoms with Gasteiger partial charge in [0.1, 0.15) is 0 Å². The van der Waals surface area contributed by atoms with Crippen LogP contribution in [0.15, 0.2) is 60.9 Å². The van der Waals surface area contributed by atoms with Gasteiger partial charge in [-0.2, -0.15) is 5.10 Å². The molecule has 0 saturated carbocycles. The van der Waals surface area contributed by atoms with E-state index in [1.54, 1.807) is 17.3 Å². The van der Waals surface area contributed by atoms with E-state index in [2.05, 4.69) is 15.4 Å². The molecule has 5 rings (SSSR count). The SMILES string of the molecule is CC(C)n1ncc2cc(NC(=O)C3CC(=O)N(c4cccc5ccccc45)C3)cnc21. The Kier molecular flexibility index (Phi) is 4.66. The van der Waals surface area contributed by atoms with Gasteiger partial charge in [0.2, 0.25) is 11.8 Å². The molecular formula is C24H23N5O2. The number of benzene rings is 2. The van der Waals surface area contributed by atoms with Crippen LogP contribution in [0.25, 0.3) is 21.8 Å². The van der Waals surface area contributed by atoms with Crippen molar-refractivity contribution < 1.29 is 9.59 Å². The molecule has 1 aliphatic rings. The third-order valence-corrected chi connectivity index (χ3v) is 5.74. The predicted molar refractivity (Wildman–Crippen MR) is 121 cm³/mol. The number of fused-ring (bicyclic) bond motifs is 2. The average molecular weight is 413 g/mol. The average Bonchev–Trinajstić information content (AvgIpc) is 3.36. The fourth-order valence-corrected chi connectivity index (χ4v) is 4.19. The van der Waals surface area contributed by atoms with Crippen molar-refractivity contribution in [2.75, 3.05) is 16.8 Å². The minimum atomic E-state index is -0.416. The normalized spacial score (nSPS) is 16.5. The largest absolute Gasteiger partial charge is 0.324 e. The van der Waals surface area contributed by atoms with Crippen LogP contribution in [0, 0.1) is 5.92 Å². The number of hydrogen-bond acceptors (Lipinski definition) is 4. The van der Waals surface area contributed by atoms with Crippen LogP contribution < -0.4 is 10.2 Å². The van der Waals surface area contributed by atoms with Crippen molar-refractivity contribution in [1.82, 2.24) is 14.8 Å². The lowest BCUT2D eigenvalue weighted by molar-refractivity contribution is -0.122. The fraction of sp³-hybridized carbons (Fsp3) is 0.250. The number of hydrogen-bond donors (Lipinski definition) is 1.